The lowest BCUT2D eigenvalue weighted by molar-refractivity contribution is -0.174. The van der Waals surface area contributed by atoms with Gasteiger partial charge in [-0.1, -0.05) is 53.9 Å². The van der Waals surface area contributed by atoms with E-state index in [2.05, 4.69) is 12.2 Å². The second-order valence-corrected chi connectivity index (χ2v) is 6.78. The number of amides is 1. The molecule has 0 aromatic heterocycles. The van der Waals surface area contributed by atoms with Crippen molar-refractivity contribution in [2.75, 3.05) is 0 Å². The normalized spacial score (nSPS) is 14.5. The predicted molar refractivity (Wildman–Crippen MR) is 94.0 cm³/mol. The lowest BCUT2D eigenvalue weighted by Crippen LogP contribution is -2.41. The lowest BCUT2D eigenvalue weighted by Gasteiger charge is -2.24. The number of hydrogen-bond acceptors (Lipinski definition) is 5. The van der Waals surface area contributed by atoms with Crippen LogP contribution in [0.3, 0.4) is 0 Å². The fourth-order valence-corrected chi connectivity index (χ4v) is 2.38. The number of esters is 1. The van der Waals surface area contributed by atoms with Crippen LogP contribution in [0, 0.1) is 11.8 Å². The molecule has 1 amide bonds. The zero-order valence-electron chi connectivity index (χ0n) is 16.0. The summed E-state index contributed by atoms with van der Waals surface area (Å²) in [6.07, 6.45) is 1.93. The SMILES string of the molecule is CCCC[C@@H](C)C[C@@H](CC(=O)O)NC(=O)O[C@@H](OC(=O)CC)C(C)C. The van der Waals surface area contributed by atoms with Crippen LogP contribution in [0.5, 0.6) is 0 Å². The highest BCUT2D eigenvalue weighted by molar-refractivity contribution is 5.72. The summed E-state index contributed by atoms with van der Waals surface area (Å²) in [7, 11) is 0. The fourth-order valence-electron chi connectivity index (χ4n) is 2.38. The van der Waals surface area contributed by atoms with Crippen LogP contribution in [-0.2, 0) is 19.1 Å². The number of unbranched alkanes of at least 4 members (excludes halogenated alkanes) is 1. The molecule has 0 saturated carbocycles. The van der Waals surface area contributed by atoms with E-state index in [4.69, 9.17) is 14.6 Å². The van der Waals surface area contributed by atoms with Crippen LogP contribution in [0.25, 0.3) is 0 Å². The molecule has 3 atom stereocenters. The highest BCUT2D eigenvalue weighted by Crippen LogP contribution is 2.17. The van der Waals surface area contributed by atoms with E-state index in [0.717, 1.165) is 19.3 Å². The lowest BCUT2D eigenvalue weighted by atomic mass is 9.95. The molecule has 0 aromatic carbocycles. The molecule has 0 fully saturated rings. The number of carbonyl (C=O) groups is 3. The molecule has 0 unspecified atom stereocenters. The van der Waals surface area contributed by atoms with E-state index in [-0.39, 0.29) is 18.8 Å². The van der Waals surface area contributed by atoms with Crippen molar-refractivity contribution in [3.8, 4) is 0 Å². The molecule has 2 N–H and O–H groups in total. The monoisotopic (exact) mass is 359 g/mol. The summed E-state index contributed by atoms with van der Waals surface area (Å²) < 4.78 is 10.3. The third kappa shape index (κ3) is 11.4. The summed E-state index contributed by atoms with van der Waals surface area (Å²) in [5.74, 6) is -1.35. The Labute approximate surface area is 150 Å². The van der Waals surface area contributed by atoms with Gasteiger partial charge in [-0.15, -0.1) is 0 Å². The molecule has 7 nitrogen and oxygen atoms in total. The Hall–Kier alpha value is -1.79. The second kappa shape index (κ2) is 12.6. The summed E-state index contributed by atoms with van der Waals surface area (Å²) in [6.45, 7) is 9.32. The van der Waals surface area contributed by atoms with Crippen LogP contribution in [0.4, 0.5) is 4.79 Å². The second-order valence-electron chi connectivity index (χ2n) is 6.78. The number of aliphatic carboxylic acids is 1. The Bertz CT molecular complexity index is 424. The molecule has 0 aliphatic carbocycles. The number of hydrogen-bond donors (Lipinski definition) is 2. The molecule has 0 rings (SSSR count). The van der Waals surface area contributed by atoms with Gasteiger partial charge >= 0.3 is 18.0 Å². The van der Waals surface area contributed by atoms with Crippen molar-refractivity contribution in [1.29, 1.82) is 0 Å². The first-order valence-corrected chi connectivity index (χ1v) is 9.07. The molecule has 7 heteroatoms. The van der Waals surface area contributed by atoms with Crippen molar-refractivity contribution in [1.82, 2.24) is 5.32 Å². The van der Waals surface area contributed by atoms with E-state index in [1.54, 1.807) is 20.8 Å². The van der Waals surface area contributed by atoms with Gasteiger partial charge in [0.1, 0.15) is 0 Å². The molecule has 0 aromatic rings. The maximum atomic E-state index is 12.1. The summed E-state index contributed by atoms with van der Waals surface area (Å²) in [4.78, 5) is 34.5. The Balaban J connectivity index is 4.70. The standard InChI is InChI=1S/C18H33NO6/c1-6-8-9-13(5)10-14(11-15(20)21)19-18(23)25-17(12(3)4)24-16(22)7-2/h12-14,17H,6-11H2,1-5H3,(H,19,23)(H,20,21)/t13-,14+,17-/m1/s1. The van der Waals surface area contributed by atoms with Crippen LogP contribution in [0.1, 0.15) is 73.1 Å². The number of nitrogens with one attached hydrogen (secondary N) is 1. The number of carbonyl (C=O) groups excluding carboxylic acids is 2. The first-order chi connectivity index (χ1) is 11.7. The van der Waals surface area contributed by atoms with Gasteiger partial charge in [0.2, 0.25) is 0 Å². The van der Waals surface area contributed by atoms with E-state index < -0.39 is 30.4 Å². The van der Waals surface area contributed by atoms with E-state index in [1.165, 1.54) is 0 Å². The zero-order valence-corrected chi connectivity index (χ0v) is 16.0. The highest BCUT2D eigenvalue weighted by atomic mass is 16.7. The summed E-state index contributed by atoms with van der Waals surface area (Å²) in [5.41, 5.74) is 0. The first kappa shape index (κ1) is 23.2. The van der Waals surface area contributed by atoms with Gasteiger partial charge in [-0.3, -0.25) is 9.59 Å². The third-order valence-corrected chi connectivity index (χ3v) is 3.78. The Morgan fingerprint density at radius 3 is 2.20 bits per heavy atom. The van der Waals surface area contributed by atoms with Crippen molar-refractivity contribution in [3.63, 3.8) is 0 Å². The van der Waals surface area contributed by atoms with Crippen molar-refractivity contribution < 1.29 is 29.0 Å². The predicted octanol–water partition coefficient (Wildman–Crippen LogP) is 3.71. The van der Waals surface area contributed by atoms with E-state index in [1.807, 2.05) is 6.92 Å². The van der Waals surface area contributed by atoms with Crippen molar-refractivity contribution in [3.05, 3.63) is 0 Å². The number of carboxylic acids is 1. The largest absolute Gasteiger partial charge is 0.481 e. The molecule has 0 aliphatic heterocycles. The summed E-state index contributed by atoms with van der Waals surface area (Å²) in [6, 6.07) is -0.522. The summed E-state index contributed by atoms with van der Waals surface area (Å²) >= 11 is 0. The molecular weight excluding hydrogens is 326 g/mol. The maximum Gasteiger partial charge on any atom is 0.410 e. The van der Waals surface area contributed by atoms with Crippen molar-refractivity contribution >= 4 is 18.0 Å². The Morgan fingerprint density at radius 2 is 1.72 bits per heavy atom. The minimum Gasteiger partial charge on any atom is -0.481 e. The van der Waals surface area contributed by atoms with Crippen LogP contribution in [0.15, 0.2) is 0 Å². The van der Waals surface area contributed by atoms with Gasteiger partial charge in [0.25, 0.3) is 6.29 Å². The fraction of sp³-hybridized carbons (Fsp3) is 0.833. The number of ether oxygens (including phenoxy) is 2. The molecule has 25 heavy (non-hydrogen) atoms. The number of carboxylic acid groups (broad SMARTS) is 1. The Kier molecular flexibility index (Phi) is 11.7. The van der Waals surface area contributed by atoms with Crippen molar-refractivity contribution in [2.45, 2.75) is 85.5 Å². The first-order valence-electron chi connectivity index (χ1n) is 9.07. The molecular formula is C18H33NO6. The van der Waals surface area contributed by atoms with Gasteiger partial charge < -0.3 is 19.9 Å². The molecule has 0 spiro atoms. The number of rotatable bonds is 12. The average molecular weight is 359 g/mol. The molecule has 0 radical (unpaired) electrons. The van der Waals surface area contributed by atoms with Gasteiger partial charge in [0, 0.05) is 18.4 Å². The van der Waals surface area contributed by atoms with Crippen LogP contribution in [-0.4, -0.2) is 35.5 Å². The van der Waals surface area contributed by atoms with Crippen molar-refractivity contribution in [2.24, 2.45) is 11.8 Å². The smallest absolute Gasteiger partial charge is 0.410 e. The van der Waals surface area contributed by atoms with Gasteiger partial charge in [0.05, 0.1) is 6.42 Å². The molecule has 0 bridgehead atoms. The molecule has 0 aliphatic rings. The van der Waals surface area contributed by atoms with Gasteiger partial charge in [-0.2, -0.15) is 0 Å². The minimum atomic E-state index is -0.990. The van der Waals surface area contributed by atoms with Crippen LogP contribution in [0.2, 0.25) is 0 Å². The van der Waals surface area contributed by atoms with E-state index in [0.29, 0.717) is 12.3 Å². The molecule has 0 saturated heterocycles. The highest BCUT2D eigenvalue weighted by Gasteiger charge is 2.25. The van der Waals surface area contributed by atoms with E-state index >= 15 is 0 Å². The quantitative estimate of drug-likeness (QED) is 0.407. The third-order valence-electron chi connectivity index (χ3n) is 3.78. The molecule has 0 heterocycles. The zero-order chi connectivity index (χ0) is 19.4. The topological polar surface area (TPSA) is 102 Å². The van der Waals surface area contributed by atoms with Gasteiger partial charge in [-0.25, -0.2) is 4.79 Å². The minimum absolute atomic E-state index is 0.174. The van der Waals surface area contributed by atoms with Crippen LogP contribution < -0.4 is 5.32 Å². The van der Waals surface area contributed by atoms with Crippen LogP contribution >= 0.6 is 0 Å². The average Bonchev–Trinajstić information content (AvgIpc) is 2.51. The van der Waals surface area contributed by atoms with Gasteiger partial charge in [0.15, 0.2) is 0 Å². The maximum absolute atomic E-state index is 12.1. The number of alkyl carbamates (subject to hydrolysis) is 1. The summed E-state index contributed by atoms with van der Waals surface area (Å²) in [5, 5.41) is 11.6. The van der Waals surface area contributed by atoms with E-state index in [9.17, 15) is 14.4 Å². The molecule has 146 valence electrons. The Morgan fingerprint density at radius 1 is 1.08 bits per heavy atom. The van der Waals surface area contributed by atoms with Gasteiger partial charge in [-0.05, 0) is 12.3 Å².